The average Bonchev–Trinajstić information content (AvgIpc) is 1.97. The highest BCUT2D eigenvalue weighted by Gasteiger charge is 2.28. The summed E-state index contributed by atoms with van der Waals surface area (Å²) in [4.78, 5) is 21.6. The summed E-state index contributed by atoms with van der Waals surface area (Å²) < 4.78 is 0. The number of hydrogen-bond acceptors (Lipinski definition) is 2. The van der Waals surface area contributed by atoms with Crippen molar-refractivity contribution in [2.75, 3.05) is 0 Å². The third kappa shape index (κ3) is 3.92. The molecule has 0 aromatic heterocycles. The first-order valence-corrected chi connectivity index (χ1v) is 4.38. The fraction of sp³-hybridized carbons (Fsp3) is 0.778. The van der Waals surface area contributed by atoms with Gasteiger partial charge in [0.2, 0.25) is 5.91 Å². The molecule has 0 aromatic rings. The van der Waals surface area contributed by atoms with Gasteiger partial charge in [-0.3, -0.25) is 9.59 Å². The zero-order valence-electron chi connectivity index (χ0n) is 8.28. The van der Waals surface area contributed by atoms with E-state index in [4.69, 9.17) is 10.8 Å². The van der Waals surface area contributed by atoms with Crippen LogP contribution in [-0.4, -0.2) is 17.0 Å². The molecule has 1 amide bonds. The summed E-state index contributed by atoms with van der Waals surface area (Å²) in [5.74, 6) is -2.47. The van der Waals surface area contributed by atoms with E-state index >= 15 is 0 Å². The Bertz CT molecular complexity index is 201. The van der Waals surface area contributed by atoms with Gasteiger partial charge in [0.1, 0.15) is 0 Å². The minimum atomic E-state index is -0.968. The molecule has 4 nitrogen and oxygen atoms in total. The number of carboxylic acids is 1. The molecule has 0 saturated heterocycles. The molecule has 13 heavy (non-hydrogen) atoms. The first-order chi connectivity index (χ1) is 5.86. The van der Waals surface area contributed by atoms with Gasteiger partial charge < -0.3 is 10.8 Å². The molecule has 0 saturated carbocycles. The van der Waals surface area contributed by atoms with E-state index in [0.717, 1.165) is 0 Å². The van der Waals surface area contributed by atoms with Crippen molar-refractivity contribution >= 4 is 11.9 Å². The summed E-state index contributed by atoms with van der Waals surface area (Å²) in [6, 6.07) is 0. The summed E-state index contributed by atoms with van der Waals surface area (Å²) in [6.07, 6.45) is 0.531. The van der Waals surface area contributed by atoms with Crippen molar-refractivity contribution in [3.63, 3.8) is 0 Å². The standard InChI is InChI=1S/C9H17NO3/c1-5(2)4-7(8(10)11)6(3)9(12)13/h5-7H,4H2,1-3H3,(H2,10,11)(H,12,13)/t6-,7?/m0/s1. The number of carbonyl (C=O) groups excluding carboxylic acids is 1. The van der Waals surface area contributed by atoms with E-state index in [-0.39, 0.29) is 5.92 Å². The average molecular weight is 187 g/mol. The van der Waals surface area contributed by atoms with Gasteiger partial charge in [-0.1, -0.05) is 20.8 Å². The fourth-order valence-electron chi connectivity index (χ4n) is 1.25. The Morgan fingerprint density at radius 1 is 1.31 bits per heavy atom. The Morgan fingerprint density at radius 3 is 2.00 bits per heavy atom. The number of carboxylic acid groups (broad SMARTS) is 1. The molecule has 0 bridgehead atoms. The van der Waals surface area contributed by atoms with Gasteiger partial charge in [0.25, 0.3) is 0 Å². The van der Waals surface area contributed by atoms with Crippen LogP contribution < -0.4 is 5.73 Å². The Balaban J connectivity index is 4.42. The van der Waals surface area contributed by atoms with Gasteiger partial charge in [0.05, 0.1) is 11.8 Å². The lowest BCUT2D eigenvalue weighted by Crippen LogP contribution is -2.33. The molecule has 0 aliphatic carbocycles. The minimum Gasteiger partial charge on any atom is -0.481 e. The maximum Gasteiger partial charge on any atom is 0.307 e. The van der Waals surface area contributed by atoms with E-state index in [1.165, 1.54) is 6.92 Å². The zero-order chi connectivity index (χ0) is 10.6. The van der Waals surface area contributed by atoms with Crippen molar-refractivity contribution < 1.29 is 14.7 Å². The molecule has 1 unspecified atom stereocenters. The van der Waals surface area contributed by atoms with Crippen LogP contribution in [0.1, 0.15) is 27.2 Å². The first kappa shape index (κ1) is 11.9. The molecule has 0 aliphatic rings. The highest BCUT2D eigenvalue weighted by atomic mass is 16.4. The molecule has 76 valence electrons. The highest BCUT2D eigenvalue weighted by Crippen LogP contribution is 2.20. The second kappa shape index (κ2) is 4.84. The molecule has 0 rings (SSSR count). The van der Waals surface area contributed by atoms with E-state index in [2.05, 4.69) is 0 Å². The summed E-state index contributed by atoms with van der Waals surface area (Å²) in [5.41, 5.74) is 5.12. The van der Waals surface area contributed by atoms with Crippen molar-refractivity contribution in [2.45, 2.75) is 27.2 Å². The number of nitrogens with two attached hydrogens (primary N) is 1. The lowest BCUT2D eigenvalue weighted by atomic mass is 9.86. The van der Waals surface area contributed by atoms with Crippen molar-refractivity contribution in [1.29, 1.82) is 0 Å². The molecule has 0 fully saturated rings. The second-order valence-electron chi connectivity index (χ2n) is 3.77. The smallest absolute Gasteiger partial charge is 0.307 e. The second-order valence-corrected chi connectivity index (χ2v) is 3.77. The van der Waals surface area contributed by atoms with E-state index < -0.39 is 23.7 Å². The normalized spacial score (nSPS) is 15.4. The molecule has 3 N–H and O–H groups in total. The highest BCUT2D eigenvalue weighted by molar-refractivity contribution is 5.83. The van der Waals surface area contributed by atoms with Gasteiger partial charge in [0, 0.05) is 0 Å². The molecule has 0 aliphatic heterocycles. The number of primary amides is 1. The number of rotatable bonds is 5. The van der Waals surface area contributed by atoms with Gasteiger partial charge in [0.15, 0.2) is 0 Å². The molecule has 0 aromatic carbocycles. The van der Waals surface area contributed by atoms with Crippen LogP contribution in [-0.2, 0) is 9.59 Å². The van der Waals surface area contributed by atoms with Crippen LogP contribution in [0.2, 0.25) is 0 Å². The quantitative estimate of drug-likeness (QED) is 0.669. The van der Waals surface area contributed by atoms with Crippen LogP contribution in [0.15, 0.2) is 0 Å². The van der Waals surface area contributed by atoms with Crippen molar-refractivity contribution in [3.8, 4) is 0 Å². The van der Waals surface area contributed by atoms with Crippen molar-refractivity contribution in [3.05, 3.63) is 0 Å². The van der Waals surface area contributed by atoms with E-state index in [0.29, 0.717) is 6.42 Å². The topological polar surface area (TPSA) is 80.4 Å². The summed E-state index contributed by atoms with van der Waals surface area (Å²) in [6.45, 7) is 5.38. The predicted octanol–water partition coefficient (Wildman–Crippen LogP) is 0.855. The van der Waals surface area contributed by atoms with Crippen LogP contribution in [0, 0.1) is 17.8 Å². The summed E-state index contributed by atoms with van der Waals surface area (Å²) >= 11 is 0. The zero-order valence-corrected chi connectivity index (χ0v) is 8.28. The van der Waals surface area contributed by atoms with Crippen LogP contribution in [0.25, 0.3) is 0 Å². The Morgan fingerprint density at radius 2 is 1.77 bits per heavy atom. The Hall–Kier alpha value is -1.06. The minimum absolute atomic E-state index is 0.277. The number of carbonyl (C=O) groups is 2. The maximum absolute atomic E-state index is 10.9. The molecule has 0 radical (unpaired) electrons. The number of aliphatic carboxylic acids is 1. The first-order valence-electron chi connectivity index (χ1n) is 4.38. The van der Waals surface area contributed by atoms with Gasteiger partial charge >= 0.3 is 5.97 Å². The lowest BCUT2D eigenvalue weighted by Gasteiger charge is -2.19. The van der Waals surface area contributed by atoms with Gasteiger partial charge in [-0.25, -0.2) is 0 Å². The molecular formula is C9H17NO3. The third-order valence-electron chi connectivity index (χ3n) is 2.08. The van der Waals surface area contributed by atoms with Crippen LogP contribution in [0.3, 0.4) is 0 Å². The van der Waals surface area contributed by atoms with Crippen molar-refractivity contribution in [2.24, 2.45) is 23.5 Å². The van der Waals surface area contributed by atoms with Crippen molar-refractivity contribution in [1.82, 2.24) is 0 Å². The van der Waals surface area contributed by atoms with Crippen LogP contribution in [0.5, 0.6) is 0 Å². The predicted molar refractivity (Wildman–Crippen MR) is 48.9 cm³/mol. The van der Waals surface area contributed by atoms with E-state index in [1.807, 2.05) is 13.8 Å². The summed E-state index contributed by atoms with van der Waals surface area (Å²) in [5, 5.41) is 8.71. The summed E-state index contributed by atoms with van der Waals surface area (Å²) in [7, 11) is 0. The maximum atomic E-state index is 10.9. The van der Waals surface area contributed by atoms with Crippen LogP contribution in [0.4, 0.5) is 0 Å². The monoisotopic (exact) mass is 187 g/mol. The lowest BCUT2D eigenvalue weighted by molar-refractivity contribution is -0.146. The fourth-order valence-corrected chi connectivity index (χ4v) is 1.25. The Labute approximate surface area is 78.1 Å². The number of amides is 1. The van der Waals surface area contributed by atoms with Crippen LogP contribution >= 0.6 is 0 Å². The largest absolute Gasteiger partial charge is 0.481 e. The van der Waals surface area contributed by atoms with Gasteiger partial charge in [-0.2, -0.15) is 0 Å². The molecule has 0 heterocycles. The SMILES string of the molecule is CC(C)CC(C(N)=O)[C@H](C)C(=O)O. The third-order valence-corrected chi connectivity index (χ3v) is 2.08. The van der Waals surface area contributed by atoms with Gasteiger partial charge in [-0.15, -0.1) is 0 Å². The van der Waals surface area contributed by atoms with E-state index in [9.17, 15) is 9.59 Å². The molecule has 4 heteroatoms. The molecular weight excluding hydrogens is 170 g/mol. The van der Waals surface area contributed by atoms with Gasteiger partial charge in [-0.05, 0) is 12.3 Å². The van der Waals surface area contributed by atoms with E-state index in [1.54, 1.807) is 0 Å². The Kier molecular flexibility index (Phi) is 4.45. The molecule has 0 spiro atoms. The number of hydrogen-bond donors (Lipinski definition) is 2. The molecule has 2 atom stereocenters.